The lowest BCUT2D eigenvalue weighted by molar-refractivity contribution is -0.0399. The minimum atomic E-state index is -0.184. The summed E-state index contributed by atoms with van der Waals surface area (Å²) in [4.78, 5) is 16.0. The second-order valence-electron chi connectivity index (χ2n) is 17.2. The third-order valence-corrected chi connectivity index (χ3v) is 14.3. The molecule has 4 saturated carbocycles. The Labute approximate surface area is 311 Å². The van der Waals surface area contributed by atoms with Gasteiger partial charge in [0, 0.05) is 27.5 Å². The molecule has 6 aliphatic rings. The number of nitrogens with zero attached hydrogens (tertiary/aromatic N) is 3. The minimum Gasteiger partial charge on any atom is -0.208 e. The molecule has 0 amide bonds. The number of aromatic nitrogens is 3. The predicted octanol–water partition coefficient (Wildman–Crippen LogP) is 12.1. The molecule has 1 aromatic heterocycles. The van der Waals surface area contributed by atoms with E-state index in [1.54, 1.807) is 5.56 Å². The Morgan fingerprint density at radius 1 is 0.472 bits per heavy atom. The molecule has 1 spiro atoms. The lowest BCUT2D eigenvalue weighted by Crippen LogP contribution is -2.55. The van der Waals surface area contributed by atoms with Crippen molar-refractivity contribution in [2.45, 2.75) is 56.8 Å². The molecule has 13 rings (SSSR count). The van der Waals surface area contributed by atoms with Crippen LogP contribution >= 0.6 is 0 Å². The molecule has 53 heavy (non-hydrogen) atoms. The van der Waals surface area contributed by atoms with Gasteiger partial charge in [-0.1, -0.05) is 135 Å². The summed E-state index contributed by atoms with van der Waals surface area (Å²) in [6, 6.07) is 47.1. The van der Waals surface area contributed by atoms with Gasteiger partial charge in [0.1, 0.15) is 0 Å². The fourth-order valence-electron chi connectivity index (χ4n) is 12.5. The monoisotopic (exact) mass is 683 g/mol. The number of benzene rings is 6. The van der Waals surface area contributed by atoms with Crippen LogP contribution in [0.4, 0.5) is 0 Å². The van der Waals surface area contributed by atoms with Crippen molar-refractivity contribution in [3.8, 4) is 56.4 Å². The van der Waals surface area contributed by atoms with Gasteiger partial charge in [-0.25, -0.2) is 15.0 Å². The van der Waals surface area contributed by atoms with E-state index in [1.165, 1.54) is 81.8 Å². The maximum atomic E-state index is 5.43. The van der Waals surface area contributed by atoms with Crippen molar-refractivity contribution in [1.29, 1.82) is 0 Å². The second-order valence-corrected chi connectivity index (χ2v) is 17.2. The lowest BCUT2D eigenvalue weighted by Gasteiger charge is -2.61. The van der Waals surface area contributed by atoms with Crippen molar-refractivity contribution in [3.05, 3.63) is 150 Å². The van der Waals surface area contributed by atoms with Crippen molar-refractivity contribution in [1.82, 2.24) is 15.0 Å². The van der Waals surface area contributed by atoms with E-state index in [0.717, 1.165) is 46.0 Å². The van der Waals surface area contributed by atoms with Gasteiger partial charge in [0.25, 0.3) is 0 Å². The summed E-state index contributed by atoms with van der Waals surface area (Å²) in [5.41, 5.74) is 14.3. The maximum absolute atomic E-state index is 5.43. The van der Waals surface area contributed by atoms with Gasteiger partial charge in [0.05, 0.1) is 0 Å². The van der Waals surface area contributed by atoms with E-state index in [0.29, 0.717) is 11.8 Å². The Morgan fingerprint density at radius 2 is 1.13 bits per heavy atom. The zero-order valence-corrected chi connectivity index (χ0v) is 30.3. The van der Waals surface area contributed by atoms with Crippen LogP contribution in [0.1, 0.15) is 68.2 Å². The van der Waals surface area contributed by atoms with E-state index in [9.17, 15) is 0 Å². The molecule has 0 N–H and O–H groups in total. The van der Waals surface area contributed by atoms with Crippen molar-refractivity contribution < 1.29 is 0 Å². The van der Waals surface area contributed by atoms with E-state index >= 15 is 0 Å². The van der Waals surface area contributed by atoms with Gasteiger partial charge in [-0.3, -0.25) is 0 Å². The van der Waals surface area contributed by atoms with Crippen LogP contribution in [0.5, 0.6) is 0 Å². The third-order valence-electron chi connectivity index (χ3n) is 14.3. The van der Waals surface area contributed by atoms with Gasteiger partial charge >= 0.3 is 0 Å². The molecule has 6 aliphatic carbocycles. The van der Waals surface area contributed by atoms with E-state index < -0.39 is 0 Å². The first-order chi connectivity index (χ1) is 26.0. The van der Waals surface area contributed by atoms with Gasteiger partial charge in [-0.2, -0.15) is 0 Å². The summed E-state index contributed by atoms with van der Waals surface area (Å²) in [5, 5.41) is 2.72. The van der Waals surface area contributed by atoms with Crippen LogP contribution in [-0.2, 0) is 10.8 Å². The van der Waals surface area contributed by atoms with Crippen molar-refractivity contribution in [2.75, 3.05) is 0 Å². The summed E-state index contributed by atoms with van der Waals surface area (Å²) in [5.74, 6) is 5.35. The smallest absolute Gasteiger partial charge is 0.164 e. The SMILES string of the molecule is CC1(C)c2ccccc2-c2cccc(-c3nc(-c4ccccc4)nc(-c4ccc5c(c4)C4(c6ccc7ccccc7c6-5)C5CC6CC(C5)CC4C6)n3)c21. The predicted molar refractivity (Wildman–Crippen MR) is 214 cm³/mol. The van der Waals surface area contributed by atoms with Crippen LogP contribution in [0.15, 0.2) is 127 Å². The van der Waals surface area contributed by atoms with Gasteiger partial charge in [0.15, 0.2) is 17.5 Å². The number of hydrogen-bond acceptors (Lipinski definition) is 3. The second kappa shape index (κ2) is 10.6. The fraction of sp³-hybridized carbons (Fsp3) is 0.260. The maximum Gasteiger partial charge on any atom is 0.164 e. The quantitative estimate of drug-likeness (QED) is 0.186. The highest BCUT2D eigenvalue weighted by Gasteiger charge is 2.61. The first-order valence-electron chi connectivity index (χ1n) is 19.7. The number of rotatable bonds is 3. The summed E-state index contributed by atoms with van der Waals surface area (Å²) in [7, 11) is 0. The van der Waals surface area contributed by atoms with Crippen molar-refractivity contribution in [2.24, 2.45) is 23.7 Å². The van der Waals surface area contributed by atoms with Crippen molar-refractivity contribution in [3.63, 3.8) is 0 Å². The largest absolute Gasteiger partial charge is 0.208 e. The Kier molecular flexibility index (Phi) is 6.02. The highest BCUT2D eigenvalue weighted by atomic mass is 15.0. The zero-order chi connectivity index (χ0) is 35.1. The molecule has 3 nitrogen and oxygen atoms in total. The van der Waals surface area contributed by atoms with Gasteiger partial charge < -0.3 is 0 Å². The highest BCUT2D eigenvalue weighted by molar-refractivity contribution is 6.03. The van der Waals surface area contributed by atoms with Crippen LogP contribution in [0.3, 0.4) is 0 Å². The van der Waals surface area contributed by atoms with Crippen LogP contribution in [-0.4, -0.2) is 15.0 Å². The van der Waals surface area contributed by atoms with Crippen LogP contribution in [0, 0.1) is 23.7 Å². The molecule has 4 bridgehead atoms. The molecular weight excluding hydrogens is 643 g/mol. The van der Waals surface area contributed by atoms with E-state index in [1.807, 2.05) is 0 Å². The molecule has 1 heterocycles. The standard InChI is InChI=1S/C50H41N3/c1-49(2)41-18-9-8-15-37(41)38-16-10-17-40(45(38)49)48-52-46(32-12-4-3-5-13-32)51-47(53-48)33-19-21-39-43(28-33)50(34-24-29-23-30(26-34)27-35(50)25-29)42-22-20-31-11-6-7-14-36(31)44(39)42/h3-22,28-30,34-35H,23-27H2,1-2H3. The molecule has 0 saturated heterocycles. The Morgan fingerprint density at radius 3 is 1.94 bits per heavy atom. The van der Waals surface area contributed by atoms with E-state index in [-0.39, 0.29) is 10.8 Å². The molecule has 256 valence electrons. The molecule has 0 radical (unpaired) electrons. The molecule has 0 aliphatic heterocycles. The number of fused-ring (bicyclic) bond motifs is 8. The van der Waals surface area contributed by atoms with Gasteiger partial charge in [-0.05, 0) is 117 Å². The first kappa shape index (κ1) is 30.1. The van der Waals surface area contributed by atoms with E-state index in [4.69, 9.17) is 15.0 Å². The molecule has 0 atom stereocenters. The summed E-state index contributed by atoms with van der Waals surface area (Å²) < 4.78 is 0. The molecule has 7 aromatic rings. The Balaban J connectivity index is 1.09. The van der Waals surface area contributed by atoms with Crippen LogP contribution in [0.2, 0.25) is 0 Å². The number of hydrogen-bond donors (Lipinski definition) is 0. The lowest BCUT2D eigenvalue weighted by atomic mass is 9.43. The van der Waals surface area contributed by atoms with Gasteiger partial charge in [0.2, 0.25) is 0 Å². The van der Waals surface area contributed by atoms with Gasteiger partial charge in [-0.15, -0.1) is 0 Å². The molecule has 6 aromatic carbocycles. The zero-order valence-electron chi connectivity index (χ0n) is 30.3. The van der Waals surface area contributed by atoms with Crippen LogP contribution < -0.4 is 0 Å². The molecular formula is C50H41N3. The van der Waals surface area contributed by atoms with Crippen LogP contribution in [0.25, 0.3) is 67.2 Å². The third kappa shape index (κ3) is 3.98. The molecule has 3 heteroatoms. The summed E-state index contributed by atoms with van der Waals surface area (Å²) >= 11 is 0. The van der Waals surface area contributed by atoms with Crippen molar-refractivity contribution >= 4 is 10.8 Å². The summed E-state index contributed by atoms with van der Waals surface area (Å²) in [6.45, 7) is 4.68. The summed E-state index contributed by atoms with van der Waals surface area (Å²) in [6.07, 6.45) is 6.87. The molecule has 0 unspecified atom stereocenters. The molecule has 4 fully saturated rings. The topological polar surface area (TPSA) is 38.7 Å². The first-order valence-corrected chi connectivity index (χ1v) is 19.7. The fourth-order valence-corrected chi connectivity index (χ4v) is 12.5. The average molecular weight is 684 g/mol. The van der Waals surface area contributed by atoms with E-state index in [2.05, 4.69) is 141 Å². The minimum absolute atomic E-state index is 0.0479. The normalized spacial score (nSPS) is 25.0. The Hall–Kier alpha value is -5.41. The highest BCUT2D eigenvalue weighted by Crippen LogP contribution is 2.70. The average Bonchev–Trinajstić information content (AvgIpc) is 3.62. The Bertz CT molecular complexity index is 2640.